The van der Waals surface area contributed by atoms with Crippen molar-refractivity contribution >= 4 is 17.2 Å². The Hall–Kier alpha value is -1.65. The van der Waals surface area contributed by atoms with Crippen LogP contribution in [0.15, 0.2) is 41.8 Å². The lowest BCUT2D eigenvalue weighted by atomic mass is 10.1. The summed E-state index contributed by atoms with van der Waals surface area (Å²) in [5.74, 6) is -0.0735. The van der Waals surface area contributed by atoms with Gasteiger partial charge in [-0.25, -0.2) is 0 Å². The van der Waals surface area contributed by atoms with Gasteiger partial charge in [0.05, 0.1) is 6.54 Å². The smallest absolute Gasteiger partial charge is 0.253 e. The summed E-state index contributed by atoms with van der Waals surface area (Å²) in [6.45, 7) is 2.28. The quantitative estimate of drug-likeness (QED) is 0.932. The number of hydrogen-bond donors (Lipinski definition) is 1. The first-order valence-corrected chi connectivity index (χ1v) is 6.99. The van der Waals surface area contributed by atoms with Crippen LogP contribution in [0.3, 0.4) is 0 Å². The zero-order valence-electron chi connectivity index (χ0n) is 11.0. The van der Waals surface area contributed by atoms with Crippen LogP contribution < -0.4 is 0 Å². The number of benzene rings is 1. The number of hydrogen-bond acceptors (Lipinski definition) is 3. The lowest BCUT2D eigenvalue weighted by Crippen LogP contribution is -2.30. The lowest BCUT2D eigenvalue weighted by Gasteiger charge is -2.20. The summed E-state index contributed by atoms with van der Waals surface area (Å²) in [6.07, 6.45) is -0.626. The molecule has 1 atom stereocenters. The van der Waals surface area contributed by atoms with E-state index in [2.05, 4.69) is 0 Å². The summed E-state index contributed by atoms with van der Waals surface area (Å²) < 4.78 is 0. The summed E-state index contributed by atoms with van der Waals surface area (Å²) in [6, 6.07) is 11.2. The minimum absolute atomic E-state index is 0.0735. The maximum Gasteiger partial charge on any atom is 0.253 e. The maximum absolute atomic E-state index is 12.2. The molecular formula is C15H17NO2S. The first kappa shape index (κ1) is 13.8. The van der Waals surface area contributed by atoms with Crippen molar-refractivity contribution in [1.29, 1.82) is 0 Å². The Bertz CT molecular complexity index is 534. The van der Waals surface area contributed by atoms with Gasteiger partial charge in [-0.2, -0.15) is 0 Å². The Morgan fingerprint density at radius 1 is 1.32 bits per heavy atom. The highest BCUT2D eigenvalue weighted by Crippen LogP contribution is 2.20. The van der Waals surface area contributed by atoms with Crippen LogP contribution in [-0.2, 0) is 0 Å². The molecule has 100 valence electrons. The van der Waals surface area contributed by atoms with Gasteiger partial charge in [0.25, 0.3) is 5.91 Å². The Labute approximate surface area is 117 Å². The van der Waals surface area contributed by atoms with Gasteiger partial charge >= 0.3 is 0 Å². The van der Waals surface area contributed by atoms with Gasteiger partial charge in [-0.1, -0.05) is 23.8 Å². The van der Waals surface area contributed by atoms with Crippen LogP contribution in [-0.4, -0.2) is 29.5 Å². The van der Waals surface area contributed by atoms with Gasteiger partial charge in [0.2, 0.25) is 0 Å². The number of carbonyl (C=O) groups is 1. The molecule has 1 N–H and O–H groups in total. The van der Waals surface area contributed by atoms with E-state index >= 15 is 0 Å². The van der Waals surface area contributed by atoms with E-state index in [0.29, 0.717) is 12.1 Å². The number of aryl methyl sites for hydroxylation is 1. The standard InChI is InChI=1S/C15H17NO2S/c1-11-5-7-12(8-6-11)15(18)16(2)10-13(17)14-4-3-9-19-14/h3-9,13,17H,10H2,1-2H3. The highest BCUT2D eigenvalue weighted by molar-refractivity contribution is 7.10. The van der Waals surface area contributed by atoms with Crippen LogP contribution in [0.5, 0.6) is 0 Å². The fourth-order valence-electron chi connectivity index (χ4n) is 1.83. The first-order valence-electron chi connectivity index (χ1n) is 6.11. The lowest BCUT2D eigenvalue weighted by molar-refractivity contribution is 0.0685. The van der Waals surface area contributed by atoms with E-state index in [9.17, 15) is 9.90 Å². The molecule has 1 aromatic heterocycles. The fraction of sp³-hybridized carbons (Fsp3) is 0.267. The van der Waals surface area contributed by atoms with Crippen molar-refractivity contribution in [2.75, 3.05) is 13.6 Å². The number of likely N-dealkylation sites (N-methyl/N-ethyl adjacent to an activating group) is 1. The second-order valence-corrected chi connectivity index (χ2v) is 5.56. The third-order valence-corrected chi connectivity index (χ3v) is 3.94. The second kappa shape index (κ2) is 5.99. The third kappa shape index (κ3) is 3.43. The molecule has 1 unspecified atom stereocenters. The van der Waals surface area contributed by atoms with Crippen LogP contribution in [0.2, 0.25) is 0 Å². The van der Waals surface area contributed by atoms with E-state index in [4.69, 9.17) is 0 Å². The minimum atomic E-state index is -0.626. The SMILES string of the molecule is Cc1ccc(C(=O)N(C)CC(O)c2cccs2)cc1. The molecule has 2 rings (SSSR count). The molecule has 0 saturated carbocycles. The largest absolute Gasteiger partial charge is 0.386 e. The first-order chi connectivity index (χ1) is 9.08. The van der Waals surface area contributed by atoms with Crippen molar-refractivity contribution in [2.24, 2.45) is 0 Å². The van der Waals surface area contributed by atoms with Crippen molar-refractivity contribution in [3.05, 3.63) is 57.8 Å². The molecule has 19 heavy (non-hydrogen) atoms. The monoisotopic (exact) mass is 275 g/mol. The molecule has 0 radical (unpaired) electrons. The summed E-state index contributed by atoms with van der Waals surface area (Å²) in [7, 11) is 1.71. The Morgan fingerprint density at radius 2 is 2.00 bits per heavy atom. The number of aliphatic hydroxyl groups excluding tert-OH is 1. The molecule has 0 aliphatic carbocycles. The van der Waals surface area contributed by atoms with Crippen molar-refractivity contribution in [3.8, 4) is 0 Å². The van der Waals surface area contributed by atoms with E-state index in [1.807, 2.05) is 48.7 Å². The number of rotatable bonds is 4. The predicted octanol–water partition coefficient (Wildman–Crippen LogP) is 2.86. The van der Waals surface area contributed by atoms with Crippen molar-refractivity contribution in [3.63, 3.8) is 0 Å². The van der Waals surface area contributed by atoms with Crippen molar-refractivity contribution in [2.45, 2.75) is 13.0 Å². The number of carbonyl (C=O) groups excluding carboxylic acids is 1. The molecular weight excluding hydrogens is 258 g/mol. The summed E-state index contributed by atoms with van der Waals surface area (Å²) >= 11 is 1.49. The van der Waals surface area contributed by atoms with Crippen LogP contribution in [0.4, 0.5) is 0 Å². The van der Waals surface area contributed by atoms with Gasteiger partial charge in [-0.3, -0.25) is 4.79 Å². The van der Waals surface area contributed by atoms with E-state index < -0.39 is 6.10 Å². The van der Waals surface area contributed by atoms with Crippen molar-refractivity contribution in [1.82, 2.24) is 4.90 Å². The van der Waals surface area contributed by atoms with Crippen molar-refractivity contribution < 1.29 is 9.90 Å². The van der Waals surface area contributed by atoms with Gasteiger partial charge in [0.15, 0.2) is 0 Å². The molecule has 0 aliphatic rings. The molecule has 3 nitrogen and oxygen atoms in total. The minimum Gasteiger partial charge on any atom is -0.386 e. The zero-order valence-corrected chi connectivity index (χ0v) is 11.9. The van der Waals surface area contributed by atoms with Gasteiger partial charge in [0, 0.05) is 17.5 Å². The van der Waals surface area contributed by atoms with E-state index in [1.165, 1.54) is 11.3 Å². The zero-order chi connectivity index (χ0) is 13.8. The highest BCUT2D eigenvalue weighted by Gasteiger charge is 2.17. The number of nitrogens with zero attached hydrogens (tertiary/aromatic N) is 1. The second-order valence-electron chi connectivity index (χ2n) is 4.58. The molecule has 0 fully saturated rings. The van der Waals surface area contributed by atoms with Crippen LogP contribution in [0.1, 0.15) is 26.9 Å². The molecule has 1 heterocycles. The number of thiophene rings is 1. The Kier molecular flexibility index (Phi) is 4.35. The molecule has 0 spiro atoms. The van der Waals surface area contributed by atoms with Crippen LogP contribution in [0, 0.1) is 6.92 Å². The molecule has 1 aromatic carbocycles. The van der Waals surface area contributed by atoms with E-state index in [-0.39, 0.29) is 5.91 Å². The van der Waals surface area contributed by atoms with Gasteiger partial charge in [0.1, 0.15) is 6.10 Å². The van der Waals surface area contributed by atoms with Gasteiger partial charge < -0.3 is 10.0 Å². The summed E-state index contributed by atoms with van der Waals surface area (Å²) in [5, 5.41) is 12.0. The summed E-state index contributed by atoms with van der Waals surface area (Å²) in [4.78, 5) is 14.6. The van der Waals surface area contributed by atoms with Gasteiger partial charge in [-0.05, 0) is 30.5 Å². The normalized spacial score (nSPS) is 12.2. The molecule has 1 amide bonds. The predicted molar refractivity (Wildman–Crippen MR) is 77.4 cm³/mol. The maximum atomic E-state index is 12.2. The van der Waals surface area contributed by atoms with E-state index in [1.54, 1.807) is 11.9 Å². The molecule has 4 heteroatoms. The van der Waals surface area contributed by atoms with E-state index in [0.717, 1.165) is 10.4 Å². The van der Waals surface area contributed by atoms with Gasteiger partial charge in [-0.15, -0.1) is 11.3 Å². The van der Waals surface area contributed by atoms with Crippen LogP contribution in [0.25, 0.3) is 0 Å². The Balaban J connectivity index is 2.01. The molecule has 0 bridgehead atoms. The average Bonchev–Trinajstić information content (AvgIpc) is 2.92. The fourth-order valence-corrected chi connectivity index (χ4v) is 2.53. The molecule has 2 aromatic rings. The summed E-state index contributed by atoms with van der Waals surface area (Å²) in [5.41, 5.74) is 1.77. The molecule has 0 saturated heterocycles. The molecule has 0 aliphatic heterocycles. The highest BCUT2D eigenvalue weighted by atomic mass is 32.1. The number of amides is 1. The number of aliphatic hydroxyl groups is 1. The Morgan fingerprint density at radius 3 is 2.58 bits per heavy atom. The average molecular weight is 275 g/mol. The topological polar surface area (TPSA) is 40.5 Å². The third-order valence-electron chi connectivity index (χ3n) is 2.96. The van der Waals surface area contributed by atoms with Crippen LogP contribution >= 0.6 is 11.3 Å².